The Kier molecular flexibility index (Phi) is 7.51. The van der Waals surface area contributed by atoms with Crippen LogP contribution in [0.5, 0.6) is 11.5 Å². The molecule has 0 N–H and O–H groups in total. The summed E-state index contributed by atoms with van der Waals surface area (Å²) in [5, 5.41) is 0. The van der Waals surface area contributed by atoms with E-state index in [4.69, 9.17) is 9.47 Å². The molecule has 0 spiro atoms. The highest BCUT2D eigenvalue weighted by Gasteiger charge is 2.14. The summed E-state index contributed by atoms with van der Waals surface area (Å²) in [6.07, 6.45) is 3.57. The normalized spacial score (nSPS) is 10.5. The first-order chi connectivity index (χ1) is 10.0. The SMILES string of the molecule is CCCCCC(=O)Oc1ccccc1OC(=O)CC(C)C. The first-order valence-electron chi connectivity index (χ1n) is 7.53. The van der Waals surface area contributed by atoms with E-state index in [9.17, 15) is 9.59 Å². The van der Waals surface area contributed by atoms with Gasteiger partial charge in [0.05, 0.1) is 0 Å². The van der Waals surface area contributed by atoms with E-state index in [1.807, 2.05) is 13.8 Å². The number of carbonyl (C=O) groups excluding carboxylic acids is 2. The van der Waals surface area contributed by atoms with Crippen LogP contribution in [0.1, 0.15) is 52.9 Å². The van der Waals surface area contributed by atoms with Gasteiger partial charge in [-0.1, -0.05) is 45.7 Å². The predicted octanol–water partition coefficient (Wildman–Crippen LogP) is 4.12. The first-order valence-corrected chi connectivity index (χ1v) is 7.53. The smallest absolute Gasteiger partial charge is 0.311 e. The van der Waals surface area contributed by atoms with Gasteiger partial charge in [0, 0.05) is 12.8 Å². The number of hydrogen-bond acceptors (Lipinski definition) is 4. The lowest BCUT2D eigenvalue weighted by atomic mass is 10.1. The van der Waals surface area contributed by atoms with Crippen molar-refractivity contribution in [2.75, 3.05) is 0 Å². The van der Waals surface area contributed by atoms with E-state index in [0.717, 1.165) is 19.3 Å². The summed E-state index contributed by atoms with van der Waals surface area (Å²) in [5.74, 6) is 0.208. The number of para-hydroxylation sites is 2. The molecular formula is C17H24O4. The highest BCUT2D eigenvalue weighted by molar-refractivity contribution is 5.76. The fourth-order valence-corrected chi connectivity index (χ4v) is 1.81. The number of hydrogen-bond donors (Lipinski definition) is 0. The molecule has 0 aliphatic carbocycles. The van der Waals surface area contributed by atoms with Gasteiger partial charge in [0.2, 0.25) is 0 Å². The van der Waals surface area contributed by atoms with Gasteiger partial charge in [-0.2, -0.15) is 0 Å². The molecule has 0 aromatic heterocycles. The molecular weight excluding hydrogens is 268 g/mol. The van der Waals surface area contributed by atoms with Gasteiger partial charge >= 0.3 is 11.9 Å². The van der Waals surface area contributed by atoms with Gasteiger partial charge in [-0.3, -0.25) is 9.59 Å². The van der Waals surface area contributed by atoms with Gasteiger partial charge in [0.25, 0.3) is 0 Å². The van der Waals surface area contributed by atoms with Crippen LogP contribution in [-0.2, 0) is 9.59 Å². The monoisotopic (exact) mass is 292 g/mol. The molecule has 0 saturated carbocycles. The van der Waals surface area contributed by atoms with E-state index in [1.54, 1.807) is 24.3 Å². The lowest BCUT2D eigenvalue weighted by Crippen LogP contribution is -2.13. The maximum Gasteiger partial charge on any atom is 0.311 e. The van der Waals surface area contributed by atoms with Crippen molar-refractivity contribution in [3.63, 3.8) is 0 Å². The first kappa shape index (κ1) is 17.2. The molecule has 0 fully saturated rings. The summed E-state index contributed by atoms with van der Waals surface area (Å²) < 4.78 is 10.5. The van der Waals surface area contributed by atoms with Crippen LogP contribution in [0.2, 0.25) is 0 Å². The highest BCUT2D eigenvalue weighted by Crippen LogP contribution is 2.27. The van der Waals surface area contributed by atoms with Crippen LogP contribution in [0.4, 0.5) is 0 Å². The summed E-state index contributed by atoms with van der Waals surface area (Å²) in [6.45, 7) is 5.97. The standard InChI is InChI=1S/C17H24O4/c1-4-5-6-11-16(18)20-14-9-7-8-10-15(14)21-17(19)12-13(2)3/h7-10,13H,4-6,11-12H2,1-3H3. The Bertz CT molecular complexity index is 466. The third kappa shape index (κ3) is 6.93. The second-order valence-electron chi connectivity index (χ2n) is 5.45. The van der Waals surface area contributed by atoms with Crippen molar-refractivity contribution in [1.82, 2.24) is 0 Å². The van der Waals surface area contributed by atoms with Crippen molar-refractivity contribution < 1.29 is 19.1 Å². The van der Waals surface area contributed by atoms with Gasteiger partial charge in [-0.15, -0.1) is 0 Å². The summed E-state index contributed by atoms with van der Waals surface area (Å²) in [7, 11) is 0. The molecule has 0 radical (unpaired) electrons. The molecule has 0 aliphatic heterocycles. The lowest BCUT2D eigenvalue weighted by Gasteiger charge is -2.11. The van der Waals surface area contributed by atoms with Crippen molar-refractivity contribution in [3.8, 4) is 11.5 Å². The largest absolute Gasteiger partial charge is 0.423 e. The van der Waals surface area contributed by atoms with Gasteiger partial charge in [0.15, 0.2) is 11.5 Å². The van der Waals surface area contributed by atoms with Gasteiger partial charge in [-0.25, -0.2) is 0 Å². The van der Waals surface area contributed by atoms with E-state index >= 15 is 0 Å². The predicted molar refractivity (Wildman–Crippen MR) is 81.3 cm³/mol. The lowest BCUT2D eigenvalue weighted by molar-refractivity contribution is -0.137. The van der Waals surface area contributed by atoms with Gasteiger partial charge in [-0.05, 0) is 24.5 Å². The molecule has 21 heavy (non-hydrogen) atoms. The highest BCUT2D eigenvalue weighted by atomic mass is 16.6. The maximum absolute atomic E-state index is 11.7. The molecule has 116 valence electrons. The molecule has 0 unspecified atom stereocenters. The van der Waals surface area contributed by atoms with Crippen LogP contribution in [0.15, 0.2) is 24.3 Å². The van der Waals surface area contributed by atoms with Gasteiger partial charge < -0.3 is 9.47 Å². The van der Waals surface area contributed by atoms with E-state index < -0.39 is 0 Å². The minimum absolute atomic E-state index is 0.223. The van der Waals surface area contributed by atoms with Crippen molar-refractivity contribution in [1.29, 1.82) is 0 Å². The van der Waals surface area contributed by atoms with Crippen molar-refractivity contribution in [2.45, 2.75) is 52.9 Å². The Morgan fingerprint density at radius 1 is 1.00 bits per heavy atom. The zero-order valence-electron chi connectivity index (χ0n) is 13.1. The van der Waals surface area contributed by atoms with Crippen LogP contribution in [0.3, 0.4) is 0 Å². The van der Waals surface area contributed by atoms with Crippen LogP contribution >= 0.6 is 0 Å². The summed E-state index contributed by atoms with van der Waals surface area (Å²) >= 11 is 0. The Hall–Kier alpha value is -1.84. The molecule has 4 nitrogen and oxygen atoms in total. The number of esters is 2. The number of rotatable bonds is 8. The Morgan fingerprint density at radius 3 is 2.10 bits per heavy atom. The Morgan fingerprint density at radius 2 is 1.57 bits per heavy atom. The van der Waals surface area contributed by atoms with E-state index in [-0.39, 0.29) is 17.9 Å². The third-order valence-electron chi connectivity index (χ3n) is 2.86. The summed E-state index contributed by atoms with van der Waals surface area (Å²) in [5.41, 5.74) is 0. The number of benzene rings is 1. The quantitative estimate of drug-likeness (QED) is 0.411. The molecule has 0 bridgehead atoms. The molecule has 0 saturated heterocycles. The Balaban J connectivity index is 2.62. The van der Waals surface area contributed by atoms with E-state index in [1.165, 1.54) is 0 Å². The fraction of sp³-hybridized carbons (Fsp3) is 0.529. The summed E-state index contributed by atoms with van der Waals surface area (Å²) in [4.78, 5) is 23.4. The average Bonchev–Trinajstić information content (AvgIpc) is 2.40. The zero-order valence-corrected chi connectivity index (χ0v) is 13.1. The minimum Gasteiger partial charge on any atom is -0.423 e. The second-order valence-corrected chi connectivity index (χ2v) is 5.45. The second kappa shape index (κ2) is 9.16. The van der Waals surface area contributed by atoms with Crippen LogP contribution in [-0.4, -0.2) is 11.9 Å². The topological polar surface area (TPSA) is 52.6 Å². The molecule has 4 heteroatoms. The number of ether oxygens (including phenoxy) is 2. The van der Waals surface area contributed by atoms with Crippen molar-refractivity contribution >= 4 is 11.9 Å². The van der Waals surface area contributed by atoms with Crippen molar-refractivity contribution in [3.05, 3.63) is 24.3 Å². The maximum atomic E-state index is 11.7. The minimum atomic E-state index is -0.320. The molecule has 1 aromatic carbocycles. The van der Waals surface area contributed by atoms with Crippen LogP contribution < -0.4 is 9.47 Å². The number of carbonyl (C=O) groups is 2. The van der Waals surface area contributed by atoms with E-state index in [0.29, 0.717) is 24.3 Å². The molecule has 0 aliphatic rings. The van der Waals surface area contributed by atoms with Crippen molar-refractivity contribution in [2.24, 2.45) is 5.92 Å². The van der Waals surface area contributed by atoms with Crippen LogP contribution in [0, 0.1) is 5.92 Å². The Labute approximate surface area is 126 Å². The molecule has 0 atom stereocenters. The fourth-order valence-electron chi connectivity index (χ4n) is 1.81. The summed E-state index contributed by atoms with van der Waals surface area (Å²) in [6, 6.07) is 6.75. The van der Waals surface area contributed by atoms with Gasteiger partial charge in [0.1, 0.15) is 0 Å². The van der Waals surface area contributed by atoms with E-state index in [2.05, 4.69) is 6.92 Å². The van der Waals surface area contributed by atoms with Crippen LogP contribution in [0.25, 0.3) is 0 Å². The zero-order chi connectivity index (χ0) is 15.7. The average molecular weight is 292 g/mol. The molecule has 1 rings (SSSR count). The molecule has 1 aromatic rings. The molecule has 0 heterocycles. The third-order valence-corrected chi connectivity index (χ3v) is 2.86. The number of unbranched alkanes of at least 4 members (excludes halogenated alkanes) is 2. The molecule has 0 amide bonds.